The van der Waals surface area contributed by atoms with Crippen molar-refractivity contribution in [2.24, 2.45) is 5.92 Å². The molecule has 0 fully saturated rings. The van der Waals surface area contributed by atoms with Crippen molar-refractivity contribution < 1.29 is 5.11 Å². The van der Waals surface area contributed by atoms with E-state index in [9.17, 15) is 5.11 Å². The summed E-state index contributed by atoms with van der Waals surface area (Å²) in [4.78, 5) is 0. The van der Waals surface area contributed by atoms with Gasteiger partial charge in [0.1, 0.15) is 0 Å². The van der Waals surface area contributed by atoms with E-state index in [1.807, 2.05) is 6.92 Å². The van der Waals surface area contributed by atoms with Gasteiger partial charge in [-0.1, -0.05) is 19.1 Å². The molecule has 1 heteroatoms. The number of aliphatic hydroxyl groups excluding tert-OH is 1. The second-order valence-electron chi connectivity index (χ2n) is 2.02. The van der Waals surface area contributed by atoms with Crippen LogP contribution in [0.5, 0.6) is 0 Å². The SMILES string of the molecule is C=CC(C=C)[C@@H](O)CC. The molecule has 0 aliphatic carbocycles. The Labute approximate surface area is 56.7 Å². The molecular formula is C8H14O. The third-order valence-electron chi connectivity index (χ3n) is 1.41. The topological polar surface area (TPSA) is 20.2 Å². The van der Waals surface area contributed by atoms with E-state index < -0.39 is 0 Å². The number of hydrogen-bond acceptors (Lipinski definition) is 1. The Morgan fingerprint density at radius 2 is 1.89 bits per heavy atom. The second-order valence-corrected chi connectivity index (χ2v) is 2.02. The fourth-order valence-electron chi connectivity index (χ4n) is 0.683. The highest BCUT2D eigenvalue weighted by Gasteiger charge is 2.07. The lowest BCUT2D eigenvalue weighted by molar-refractivity contribution is 0.145. The standard InChI is InChI=1S/C8H14O/c1-4-7(5-2)8(9)6-3/h4-5,7-9H,1-2,6H2,3H3/t8-/m0/s1. The van der Waals surface area contributed by atoms with E-state index in [2.05, 4.69) is 13.2 Å². The molecule has 0 amide bonds. The van der Waals surface area contributed by atoms with Gasteiger partial charge in [-0.25, -0.2) is 0 Å². The van der Waals surface area contributed by atoms with E-state index in [4.69, 9.17) is 0 Å². The predicted molar refractivity (Wildman–Crippen MR) is 40.2 cm³/mol. The summed E-state index contributed by atoms with van der Waals surface area (Å²) < 4.78 is 0. The highest BCUT2D eigenvalue weighted by atomic mass is 16.3. The van der Waals surface area contributed by atoms with Crippen LogP contribution in [-0.4, -0.2) is 11.2 Å². The van der Waals surface area contributed by atoms with Crippen molar-refractivity contribution in [3.8, 4) is 0 Å². The van der Waals surface area contributed by atoms with Crippen LogP contribution in [0.4, 0.5) is 0 Å². The smallest absolute Gasteiger partial charge is 0.0634 e. The summed E-state index contributed by atoms with van der Waals surface area (Å²) in [6, 6.07) is 0. The van der Waals surface area contributed by atoms with Crippen LogP contribution in [0.3, 0.4) is 0 Å². The first-order chi connectivity index (χ1) is 4.26. The molecule has 0 spiro atoms. The highest BCUT2D eigenvalue weighted by molar-refractivity contribution is 4.95. The Bertz CT molecular complexity index is 88.7. The molecule has 0 aliphatic rings. The summed E-state index contributed by atoms with van der Waals surface area (Å²) in [6.07, 6.45) is 3.87. The molecule has 0 aromatic carbocycles. The molecule has 0 saturated carbocycles. The fraction of sp³-hybridized carbons (Fsp3) is 0.500. The maximum absolute atomic E-state index is 9.18. The Balaban J connectivity index is 3.77. The average Bonchev–Trinajstić information content (AvgIpc) is 1.90. The molecule has 0 bridgehead atoms. The van der Waals surface area contributed by atoms with Crippen molar-refractivity contribution in [2.45, 2.75) is 19.4 Å². The van der Waals surface area contributed by atoms with Crippen molar-refractivity contribution in [2.75, 3.05) is 0 Å². The summed E-state index contributed by atoms with van der Waals surface area (Å²) in [5, 5.41) is 9.18. The zero-order chi connectivity index (χ0) is 7.28. The molecule has 1 N–H and O–H groups in total. The third kappa shape index (κ3) is 2.47. The molecule has 0 rings (SSSR count). The van der Waals surface area contributed by atoms with E-state index in [1.165, 1.54) is 0 Å². The first kappa shape index (κ1) is 8.44. The Morgan fingerprint density at radius 1 is 1.44 bits per heavy atom. The van der Waals surface area contributed by atoms with Crippen molar-refractivity contribution >= 4 is 0 Å². The highest BCUT2D eigenvalue weighted by Crippen LogP contribution is 2.08. The normalized spacial score (nSPS) is 13.2. The van der Waals surface area contributed by atoms with E-state index in [-0.39, 0.29) is 12.0 Å². The van der Waals surface area contributed by atoms with Crippen molar-refractivity contribution in [1.82, 2.24) is 0 Å². The third-order valence-corrected chi connectivity index (χ3v) is 1.41. The van der Waals surface area contributed by atoms with E-state index in [1.54, 1.807) is 12.2 Å². The van der Waals surface area contributed by atoms with Crippen LogP contribution in [0.2, 0.25) is 0 Å². The second kappa shape index (κ2) is 4.33. The Hall–Kier alpha value is -0.560. The minimum absolute atomic E-state index is 0.0509. The minimum atomic E-state index is -0.306. The minimum Gasteiger partial charge on any atom is -0.392 e. The predicted octanol–water partition coefficient (Wildman–Crippen LogP) is 1.75. The quantitative estimate of drug-likeness (QED) is 0.569. The van der Waals surface area contributed by atoms with E-state index in [0.29, 0.717) is 0 Å². The van der Waals surface area contributed by atoms with Gasteiger partial charge in [0.15, 0.2) is 0 Å². The summed E-state index contributed by atoms with van der Waals surface area (Å²) in [6.45, 7) is 9.07. The van der Waals surface area contributed by atoms with Gasteiger partial charge in [0.25, 0.3) is 0 Å². The molecule has 0 heterocycles. The van der Waals surface area contributed by atoms with Gasteiger partial charge in [0.2, 0.25) is 0 Å². The lowest BCUT2D eigenvalue weighted by Crippen LogP contribution is -2.14. The van der Waals surface area contributed by atoms with Crippen molar-refractivity contribution in [3.05, 3.63) is 25.3 Å². The van der Waals surface area contributed by atoms with Crippen LogP contribution in [0.1, 0.15) is 13.3 Å². The maximum atomic E-state index is 9.18. The molecule has 0 aromatic rings. The van der Waals surface area contributed by atoms with Crippen LogP contribution < -0.4 is 0 Å². The van der Waals surface area contributed by atoms with Gasteiger partial charge in [-0.2, -0.15) is 0 Å². The number of aliphatic hydroxyl groups is 1. The van der Waals surface area contributed by atoms with E-state index >= 15 is 0 Å². The largest absolute Gasteiger partial charge is 0.392 e. The van der Waals surface area contributed by atoms with Crippen LogP contribution in [0, 0.1) is 5.92 Å². The molecule has 0 radical (unpaired) electrons. The average molecular weight is 126 g/mol. The van der Waals surface area contributed by atoms with Crippen LogP contribution in [0.15, 0.2) is 25.3 Å². The van der Waals surface area contributed by atoms with Gasteiger partial charge < -0.3 is 5.11 Å². The molecular weight excluding hydrogens is 112 g/mol. The summed E-state index contributed by atoms with van der Waals surface area (Å²) >= 11 is 0. The zero-order valence-corrected chi connectivity index (χ0v) is 5.88. The van der Waals surface area contributed by atoms with Gasteiger partial charge in [-0.3, -0.25) is 0 Å². The number of rotatable bonds is 4. The molecule has 0 aromatic heterocycles. The summed E-state index contributed by atoms with van der Waals surface area (Å²) in [5.41, 5.74) is 0. The lowest BCUT2D eigenvalue weighted by Gasteiger charge is -2.12. The fourth-order valence-corrected chi connectivity index (χ4v) is 0.683. The Morgan fingerprint density at radius 3 is 2.00 bits per heavy atom. The van der Waals surface area contributed by atoms with Crippen molar-refractivity contribution in [3.63, 3.8) is 0 Å². The number of hydrogen-bond donors (Lipinski definition) is 1. The summed E-state index contributed by atoms with van der Waals surface area (Å²) in [5.74, 6) is 0.0509. The first-order valence-electron chi connectivity index (χ1n) is 3.19. The molecule has 0 saturated heterocycles. The summed E-state index contributed by atoms with van der Waals surface area (Å²) in [7, 11) is 0. The van der Waals surface area contributed by atoms with E-state index in [0.717, 1.165) is 6.42 Å². The van der Waals surface area contributed by atoms with Gasteiger partial charge >= 0.3 is 0 Å². The van der Waals surface area contributed by atoms with Crippen LogP contribution in [-0.2, 0) is 0 Å². The zero-order valence-electron chi connectivity index (χ0n) is 5.88. The molecule has 9 heavy (non-hydrogen) atoms. The molecule has 0 aliphatic heterocycles. The van der Waals surface area contributed by atoms with Gasteiger partial charge in [0, 0.05) is 5.92 Å². The van der Waals surface area contributed by atoms with Crippen LogP contribution in [0.25, 0.3) is 0 Å². The molecule has 0 unspecified atom stereocenters. The monoisotopic (exact) mass is 126 g/mol. The molecule has 1 atom stereocenters. The maximum Gasteiger partial charge on any atom is 0.0634 e. The lowest BCUT2D eigenvalue weighted by atomic mass is 10.0. The first-order valence-corrected chi connectivity index (χ1v) is 3.19. The Kier molecular flexibility index (Phi) is 4.06. The van der Waals surface area contributed by atoms with Gasteiger partial charge in [-0.05, 0) is 6.42 Å². The molecule has 52 valence electrons. The van der Waals surface area contributed by atoms with Crippen LogP contribution >= 0.6 is 0 Å². The van der Waals surface area contributed by atoms with Crippen molar-refractivity contribution in [1.29, 1.82) is 0 Å². The van der Waals surface area contributed by atoms with Gasteiger partial charge in [-0.15, -0.1) is 13.2 Å². The molecule has 1 nitrogen and oxygen atoms in total. The van der Waals surface area contributed by atoms with Gasteiger partial charge in [0.05, 0.1) is 6.10 Å².